The van der Waals surface area contributed by atoms with Crippen LogP contribution in [-0.4, -0.2) is 49.8 Å². The average molecular weight is 346 g/mol. The third kappa shape index (κ3) is 4.83. The fourth-order valence-electron chi connectivity index (χ4n) is 2.37. The molecule has 0 bridgehead atoms. The number of hydrogen-bond donors (Lipinski definition) is 1. The number of rotatable bonds is 6. The molecule has 1 aromatic carbocycles. The summed E-state index contributed by atoms with van der Waals surface area (Å²) in [5, 5.41) is 14.5. The third-order valence-corrected chi connectivity index (χ3v) is 4.32. The van der Waals surface area contributed by atoms with E-state index in [4.69, 9.17) is 27.9 Å². The third-order valence-electron chi connectivity index (χ3n) is 3.58. The number of hydrogen-bond acceptors (Lipinski definition) is 3. The Labute approximate surface area is 140 Å². The van der Waals surface area contributed by atoms with E-state index in [-0.39, 0.29) is 18.6 Å². The maximum Gasteiger partial charge on any atom is 0.240 e. The Kier molecular flexibility index (Phi) is 6.92. The molecule has 1 heterocycles. The number of benzene rings is 1. The van der Waals surface area contributed by atoms with Crippen LogP contribution in [0.15, 0.2) is 18.2 Å². The predicted molar refractivity (Wildman–Crippen MR) is 84.7 cm³/mol. The lowest BCUT2D eigenvalue weighted by molar-refractivity contribution is -0.132. The minimum Gasteiger partial charge on any atom is -0.378 e. The van der Waals surface area contributed by atoms with Crippen molar-refractivity contribution in [3.63, 3.8) is 0 Å². The molecule has 0 aromatic heterocycles. The second-order valence-corrected chi connectivity index (χ2v) is 5.97. The van der Waals surface area contributed by atoms with Crippen molar-refractivity contribution in [1.29, 1.82) is 0 Å². The fourth-order valence-corrected chi connectivity index (χ4v) is 2.69. The molecule has 2 rings (SSSR count). The summed E-state index contributed by atoms with van der Waals surface area (Å²) in [5.41, 5.74) is 0.880. The standard InChI is InChI=1S/C15H19Cl2N2O3/c16-12-3-2-11(8-13(12)17)9-18-15(21)14-10-22-7-5-19(14)4-1-6-20/h2-3,8,14H,1,4-7,9-10H2,(H,18,21). The van der Waals surface area contributed by atoms with Gasteiger partial charge in [-0.05, 0) is 24.1 Å². The lowest BCUT2D eigenvalue weighted by Gasteiger charge is -2.34. The van der Waals surface area contributed by atoms with Gasteiger partial charge in [0.2, 0.25) is 5.91 Å². The number of carbonyl (C=O) groups excluding carboxylic acids is 1. The highest BCUT2D eigenvalue weighted by Gasteiger charge is 2.28. The summed E-state index contributed by atoms with van der Waals surface area (Å²) in [7, 11) is 0. The van der Waals surface area contributed by atoms with Crippen molar-refractivity contribution in [3.8, 4) is 0 Å². The van der Waals surface area contributed by atoms with E-state index in [2.05, 4.69) is 5.32 Å². The Morgan fingerprint density at radius 1 is 1.36 bits per heavy atom. The summed E-state index contributed by atoms with van der Waals surface area (Å²) in [6, 6.07) is 4.91. The topological polar surface area (TPSA) is 61.5 Å². The van der Waals surface area contributed by atoms with E-state index in [1.165, 1.54) is 0 Å². The van der Waals surface area contributed by atoms with Crippen LogP contribution in [0, 0.1) is 0 Å². The molecule has 0 saturated carbocycles. The molecule has 7 heteroatoms. The second-order valence-electron chi connectivity index (χ2n) is 5.15. The van der Waals surface area contributed by atoms with Crippen LogP contribution in [-0.2, 0) is 21.2 Å². The van der Waals surface area contributed by atoms with Crippen molar-refractivity contribution >= 4 is 29.1 Å². The van der Waals surface area contributed by atoms with Crippen molar-refractivity contribution in [3.05, 3.63) is 33.8 Å². The van der Waals surface area contributed by atoms with Crippen LogP contribution >= 0.6 is 23.2 Å². The molecule has 1 atom stereocenters. The number of nitrogens with zero attached hydrogens (tertiary/aromatic N) is 1. The molecule has 5 nitrogen and oxygen atoms in total. The predicted octanol–water partition coefficient (Wildman–Crippen LogP) is 2.13. The molecule has 1 N–H and O–H groups in total. The number of nitrogens with one attached hydrogen (secondary N) is 1. The Hall–Kier alpha value is -0.850. The number of amides is 1. The van der Waals surface area contributed by atoms with Crippen molar-refractivity contribution < 1.29 is 14.6 Å². The molecule has 1 aliphatic rings. The van der Waals surface area contributed by atoms with Crippen LogP contribution < -0.4 is 5.32 Å². The second kappa shape index (κ2) is 8.70. The highest BCUT2D eigenvalue weighted by molar-refractivity contribution is 6.42. The average Bonchev–Trinajstić information content (AvgIpc) is 2.54. The first kappa shape index (κ1) is 17.5. The largest absolute Gasteiger partial charge is 0.378 e. The van der Waals surface area contributed by atoms with E-state index in [0.717, 1.165) is 5.56 Å². The first-order valence-electron chi connectivity index (χ1n) is 7.23. The lowest BCUT2D eigenvalue weighted by atomic mass is 10.1. The van der Waals surface area contributed by atoms with E-state index in [1.807, 2.05) is 11.0 Å². The minimum atomic E-state index is -0.344. The monoisotopic (exact) mass is 345 g/mol. The normalized spacial score (nSPS) is 19.1. The van der Waals surface area contributed by atoms with Crippen LogP contribution in [0.4, 0.5) is 0 Å². The Morgan fingerprint density at radius 3 is 2.91 bits per heavy atom. The van der Waals surface area contributed by atoms with E-state index in [0.29, 0.717) is 49.3 Å². The van der Waals surface area contributed by atoms with Crippen molar-refractivity contribution in [1.82, 2.24) is 10.2 Å². The molecular formula is C15H19Cl2N2O3. The summed E-state index contributed by atoms with van der Waals surface area (Å²) in [6.45, 7) is 2.49. The smallest absolute Gasteiger partial charge is 0.240 e. The number of halogens is 2. The number of ether oxygens (including phenoxy) is 1. The maximum atomic E-state index is 12.3. The molecule has 1 aromatic rings. The number of carbonyl (C=O) groups is 1. The summed E-state index contributed by atoms with van der Waals surface area (Å²) >= 11 is 11.8. The summed E-state index contributed by atoms with van der Waals surface area (Å²) in [5.74, 6) is -0.100. The van der Waals surface area contributed by atoms with Crippen LogP contribution in [0.5, 0.6) is 0 Å². The van der Waals surface area contributed by atoms with Gasteiger partial charge in [-0.1, -0.05) is 29.3 Å². The summed E-state index contributed by atoms with van der Waals surface area (Å²) < 4.78 is 5.38. The maximum absolute atomic E-state index is 12.3. The van der Waals surface area contributed by atoms with Gasteiger partial charge in [-0.25, -0.2) is 5.11 Å². The van der Waals surface area contributed by atoms with Gasteiger partial charge >= 0.3 is 0 Å². The van der Waals surface area contributed by atoms with Gasteiger partial charge in [0, 0.05) is 19.6 Å². The molecule has 1 radical (unpaired) electrons. The van der Waals surface area contributed by atoms with Gasteiger partial charge in [-0.3, -0.25) is 9.69 Å². The van der Waals surface area contributed by atoms with E-state index < -0.39 is 0 Å². The van der Waals surface area contributed by atoms with Gasteiger partial charge in [0.1, 0.15) is 6.04 Å². The van der Waals surface area contributed by atoms with Gasteiger partial charge in [0.05, 0.1) is 29.9 Å². The minimum absolute atomic E-state index is 0.100. The van der Waals surface area contributed by atoms with E-state index in [1.54, 1.807) is 12.1 Å². The molecule has 1 fully saturated rings. The van der Waals surface area contributed by atoms with Crippen molar-refractivity contribution in [2.45, 2.75) is 19.0 Å². The zero-order valence-corrected chi connectivity index (χ0v) is 13.7. The molecule has 1 amide bonds. The Morgan fingerprint density at radius 2 is 2.18 bits per heavy atom. The van der Waals surface area contributed by atoms with Crippen molar-refractivity contribution in [2.75, 3.05) is 32.9 Å². The van der Waals surface area contributed by atoms with Gasteiger partial charge < -0.3 is 10.1 Å². The van der Waals surface area contributed by atoms with Crippen LogP contribution in [0.1, 0.15) is 12.0 Å². The van der Waals surface area contributed by atoms with E-state index in [9.17, 15) is 9.90 Å². The van der Waals surface area contributed by atoms with Crippen LogP contribution in [0.3, 0.4) is 0 Å². The fraction of sp³-hybridized carbons (Fsp3) is 0.533. The van der Waals surface area contributed by atoms with Crippen LogP contribution in [0.25, 0.3) is 0 Å². The van der Waals surface area contributed by atoms with Crippen LogP contribution in [0.2, 0.25) is 10.0 Å². The zero-order valence-electron chi connectivity index (χ0n) is 12.2. The lowest BCUT2D eigenvalue weighted by Crippen LogP contribution is -2.53. The molecule has 1 aliphatic heterocycles. The zero-order chi connectivity index (χ0) is 15.9. The molecule has 1 unspecified atom stereocenters. The highest BCUT2D eigenvalue weighted by Crippen LogP contribution is 2.22. The van der Waals surface area contributed by atoms with Gasteiger partial charge in [-0.2, -0.15) is 0 Å². The van der Waals surface area contributed by atoms with Gasteiger partial charge in [-0.15, -0.1) is 0 Å². The van der Waals surface area contributed by atoms with Gasteiger partial charge in [0.25, 0.3) is 0 Å². The Bertz CT molecular complexity index is 514. The summed E-state index contributed by atoms with van der Waals surface area (Å²) in [6.07, 6.45) is 0.538. The van der Waals surface area contributed by atoms with Gasteiger partial charge in [0.15, 0.2) is 0 Å². The molecule has 22 heavy (non-hydrogen) atoms. The SMILES string of the molecule is [O]CCCN1CCOCC1C(=O)NCc1ccc(Cl)c(Cl)c1. The van der Waals surface area contributed by atoms with Crippen molar-refractivity contribution in [2.24, 2.45) is 0 Å². The molecule has 0 aliphatic carbocycles. The molecule has 121 valence electrons. The quantitative estimate of drug-likeness (QED) is 0.858. The first-order valence-corrected chi connectivity index (χ1v) is 7.99. The first-order chi connectivity index (χ1) is 10.6. The van der Waals surface area contributed by atoms with E-state index >= 15 is 0 Å². The molecule has 0 spiro atoms. The highest BCUT2D eigenvalue weighted by atomic mass is 35.5. The summed E-state index contributed by atoms with van der Waals surface area (Å²) in [4.78, 5) is 14.3. The molecule has 1 saturated heterocycles. The Balaban J connectivity index is 1.90. The molecular weight excluding hydrogens is 327 g/mol. The number of morpholine rings is 1.